The van der Waals surface area contributed by atoms with E-state index in [1.165, 1.54) is 6.07 Å². The van der Waals surface area contributed by atoms with Crippen LogP contribution in [0.15, 0.2) is 17.2 Å². The van der Waals surface area contributed by atoms with Gasteiger partial charge in [-0.2, -0.15) is 5.10 Å². The third-order valence-corrected chi connectivity index (χ3v) is 2.07. The first-order valence-electron chi connectivity index (χ1n) is 4.90. The van der Waals surface area contributed by atoms with Gasteiger partial charge >= 0.3 is 0 Å². The number of aliphatic hydroxyl groups is 1. The van der Waals surface area contributed by atoms with Crippen LogP contribution in [-0.4, -0.2) is 45.2 Å². The van der Waals surface area contributed by atoms with Gasteiger partial charge in [-0.25, -0.2) is 5.43 Å². The van der Waals surface area contributed by atoms with E-state index in [9.17, 15) is 15.0 Å². The van der Waals surface area contributed by atoms with E-state index in [-0.39, 0.29) is 5.56 Å². The fourth-order valence-corrected chi connectivity index (χ4v) is 1.02. The molecule has 0 fully saturated rings. The number of nitrogens with one attached hydrogen (secondary N) is 1. The first-order valence-corrected chi connectivity index (χ1v) is 4.90. The number of carbonyl (C=O) groups excluding carboxylic acids is 1. The Bertz CT molecular complexity index is 475. The third kappa shape index (κ3) is 3.09. The summed E-state index contributed by atoms with van der Waals surface area (Å²) in [5, 5.41) is 39.8. The maximum atomic E-state index is 11.1. The molecule has 8 heteroatoms. The summed E-state index contributed by atoms with van der Waals surface area (Å²) in [7, 11) is 0. The zero-order chi connectivity index (χ0) is 13.7. The molecular weight excluding hydrogens is 242 g/mol. The minimum absolute atomic E-state index is 0.0863. The van der Waals surface area contributed by atoms with Gasteiger partial charge in [0.1, 0.15) is 6.04 Å². The molecule has 7 N–H and O–H groups in total. The minimum atomic E-state index is -1.09. The number of phenolic OH excluding ortho intramolecular Hbond substituents is 3. The molecule has 0 bridgehead atoms. The second-order valence-corrected chi connectivity index (χ2v) is 3.39. The molecule has 0 radical (unpaired) electrons. The molecule has 1 rings (SSSR count). The maximum Gasteiger partial charge on any atom is 0.259 e. The highest BCUT2D eigenvalue weighted by atomic mass is 16.3. The summed E-state index contributed by atoms with van der Waals surface area (Å²) >= 11 is 0. The second-order valence-electron chi connectivity index (χ2n) is 3.39. The van der Waals surface area contributed by atoms with Crippen molar-refractivity contribution in [2.24, 2.45) is 10.8 Å². The van der Waals surface area contributed by atoms with E-state index in [1.54, 1.807) is 0 Å². The van der Waals surface area contributed by atoms with Crippen LogP contribution in [0.25, 0.3) is 0 Å². The quantitative estimate of drug-likeness (QED) is 0.221. The van der Waals surface area contributed by atoms with Crippen molar-refractivity contribution in [2.45, 2.75) is 6.04 Å². The summed E-state index contributed by atoms with van der Waals surface area (Å²) in [5.74, 6) is -2.43. The highest BCUT2D eigenvalue weighted by Gasteiger charge is 2.11. The fourth-order valence-electron chi connectivity index (χ4n) is 1.02. The lowest BCUT2D eigenvalue weighted by atomic mass is 10.2. The van der Waals surface area contributed by atoms with Gasteiger partial charge in [0.05, 0.1) is 12.8 Å². The third-order valence-electron chi connectivity index (χ3n) is 2.07. The fraction of sp³-hybridized carbons (Fsp3) is 0.200. The van der Waals surface area contributed by atoms with Crippen LogP contribution in [-0.2, 0) is 4.79 Å². The van der Waals surface area contributed by atoms with Crippen molar-refractivity contribution in [1.29, 1.82) is 0 Å². The summed E-state index contributed by atoms with van der Waals surface area (Å²) in [6.07, 6.45) is 1.05. The SMILES string of the molecule is NC(CO)C(=O)N/N=C/c1ccc(O)c(O)c1O. The molecule has 0 aliphatic carbocycles. The molecule has 98 valence electrons. The number of aromatic hydroxyl groups is 3. The van der Waals surface area contributed by atoms with Gasteiger partial charge in [0.15, 0.2) is 11.5 Å². The van der Waals surface area contributed by atoms with Crippen LogP contribution < -0.4 is 11.2 Å². The number of benzene rings is 1. The van der Waals surface area contributed by atoms with Crippen molar-refractivity contribution in [2.75, 3.05) is 6.61 Å². The number of nitrogens with zero attached hydrogens (tertiary/aromatic N) is 1. The van der Waals surface area contributed by atoms with Crippen LogP contribution in [0.2, 0.25) is 0 Å². The van der Waals surface area contributed by atoms with E-state index >= 15 is 0 Å². The van der Waals surface area contributed by atoms with E-state index < -0.39 is 35.8 Å². The van der Waals surface area contributed by atoms with Gasteiger partial charge in [0, 0.05) is 5.56 Å². The lowest BCUT2D eigenvalue weighted by Crippen LogP contribution is -2.40. The Hall–Kier alpha value is -2.32. The van der Waals surface area contributed by atoms with Crippen molar-refractivity contribution in [1.82, 2.24) is 5.43 Å². The predicted molar refractivity (Wildman–Crippen MR) is 62.2 cm³/mol. The van der Waals surface area contributed by atoms with E-state index in [4.69, 9.17) is 15.9 Å². The van der Waals surface area contributed by atoms with Gasteiger partial charge in [-0.1, -0.05) is 0 Å². The van der Waals surface area contributed by atoms with Gasteiger partial charge in [0.25, 0.3) is 5.91 Å². The van der Waals surface area contributed by atoms with Crippen LogP contribution >= 0.6 is 0 Å². The second kappa shape index (κ2) is 5.84. The molecule has 0 heterocycles. The highest BCUT2D eigenvalue weighted by Crippen LogP contribution is 2.36. The van der Waals surface area contributed by atoms with Crippen molar-refractivity contribution in [3.63, 3.8) is 0 Å². The normalized spacial score (nSPS) is 12.6. The van der Waals surface area contributed by atoms with Crippen LogP contribution in [0, 0.1) is 0 Å². The lowest BCUT2D eigenvalue weighted by molar-refractivity contribution is -0.123. The smallest absolute Gasteiger partial charge is 0.259 e. The number of hydrazone groups is 1. The van der Waals surface area contributed by atoms with Crippen molar-refractivity contribution in [3.05, 3.63) is 17.7 Å². The molecule has 0 saturated carbocycles. The molecule has 18 heavy (non-hydrogen) atoms. The van der Waals surface area contributed by atoms with Crippen LogP contribution in [0.3, 0.4) is 0 Å². The molecule has 0 aliphatic heterocycles. The average molecular weight is 255 g/mol. The lowest BCUT2D eigenvalue weighted by Gasteiger charge is -2.05. The summed E-state index contributed by atoms with van der Waals surface area (Å²) in [5.41, 5.74) is 7.33. The zero-order valence-electron chi connectivity index (χ0n) is 9.24. The molecule has 0 saturated heterocycles. The highest BCUT2D eigenvalue weighted by molar-refractivity contribution is 5.87. The summed E-state index contributed by atoms with van der Waals surface area (Å²) in [6.45, 7) is -0.521. The van der Waals surface area contributed by atoms with Gasteiger partial charge in [-0.3, -0.25) is 4.79 Å². The number of phenols is 3. The first kappa shape index (κ1) is 13.7. The number of amides is 1. The van der Waals surface area contributed by atoms with Gasteiger partial charge in [-0.05, 0) is 12.1 Å². The molecule has 1 atom stereocenters. The standard InChI is InChI=1S/C10H13N3O5/c11-6(4-14)10(18)13-12-3-5-1-2-7(15)9(17)8(5)16/h1-3,6,14-17H,4,11H2,(H,13,18)/b12-3+. The first-order chi connectivity index (χ1) is 8.47. The number of hydrogen-bond acceptors (Lipinski definition) is 7. The number of aliphatic hydroxyl groups excluding tert-OH is 1. The minimum Gasteiger partial charge on any atom is -0.504 e. The topological polar surface area (TPSA) is 148 Å². The molecule has 1 amide bonds. The molecule has 1 aromatic rings. The van der Waals surface area contributed by atoms with Crippen LogP contribution in [0.1, 0.15) is 5.56 Å². The van der Waals surface area contributed by atoms with E-state index in [0.29, 0.717) is 0 Å². The molecule has 1 unspecified atom stereocenters. The molecule has 8 nitrogen and oxygen atoms in total. The summed E-state index contributed by atoms with van der Waals surface area (Å²) in [6, 6.07) is 1.34. The Morgan fingerprint density at radius 3 is 2.67 bits per heavy atom. The Balaban J connectivity index is 2.74. The predicted octanol–water partition coefficient (Wildman–Crippen LogP) is -1.43. The van der Waals surface area contributed by atoms with Crippen molar-refractivity contribution >= 4 is 12.1 Å². The number of rotatable bonds is 4. The summed E-state index contributed by atoms with van der Waals surface area (Å²) in [4.78, 5) is 11.1. The molecule has 0 aromatic heterocycles. The number of nitrogens with two attached hydrogens (primary N) is 1. The van der Waals surface area contributed by atoms with E-state index in [0.717, 1.165) is 12.3 Å². The Morgan fingerprint density at radius 2 is 2.06 bits per heavy atom. The molecule has 0 aliphatic rings. The van der Waals surface area contributed by atoms with Crippen LogP contribution in [0.4, 0.5) is 0 Å². The van der Waals surface area contributed by atoms with Gasteiger partial charge in [-0.15, -0.1) is 0 Å². The monoisotopic (exact) mass is 255 g/mol. The largest absolute Gasteiger partial charge is 0.504 e. The Morgan fingerprint density at radius 1 is 1.39 bits per heavy atom. The average Bonchev–Trinajstić information content (AvgIpc) is 2.37. The van der Waals surface area contributed by atoms with E-state index in [2.05, 4.69) is 5.10 Å². The Kier molecular flexibility index (Phi) is 4.46. The van der Waals surface area contributed by atoms with E-state index in [1.807, 2.05) is 5.43 Å². The molecule has 0 spiro atoms. The van der Waals surface area contributed by atoms with Crippen molar-refractivity contribution < 1.29 is 25.2 Å². The van der Waals surface area contributed by atoms with Crippen LogP contribution in [0.5, 0.6) is 17.2 Å². The van der Waals surface area contributed by atoms with Gasteiger partial charge in [0.2, 0.25) is 5.75 Å². The number of hydrogen-bond donors (Lipinski definition) is 6. The molecular formula is C10H13N3O5. The van der Waals surface area contributed by atoms with Gasteiger partial charge < -0.3 is 26.2 Å². The van der Waals surface area contributed by atoms with Crippen molar-refractivity contribution in [3.8, 4) is 17.2 Å². The summed E-state index contributed by atoms with van der Waals surface area (Å²) < 4.78 is 0. The Labute approximate surface area is 102 Å². The number of carbonyl (C=O) groups is 1. The zero-order valence-corrected chi connectivity index (χ0v) is 9.24. The maximum absolute atomic E-state index is 11.1. The molecule has 1 aromatic carbocycles.